The van der Waals surface area contributed by atoms with E-state index in [0.717, 1.165) is 42.6 Å². The summed E-state index contributed by atoms with van der Waals surface area (Å²) in [5.74, 6) is 1.23. The fraction of sp³-hybridized carbons (Fsp3) is 0.643. The highest BCUT2D eigenvalue weighted by atomic mass is 32.2. The number of hydrogen-bond donors (Lipinski definition) is 0. The lowest BCUT2D eigenvalue weighted by molar-refractivity contribution is -0.133. The molecule has 1 aromatic heterocycles. The first-order chi connectivity index (χ1) is 9.51. The van der Waals surface area contributed by atoms with Gasteiger partial charge in [-0.3, -0.25) is 4.79 Å². The summed E-state index contributed by atoms with van der Waals surface area (Å²) in [4.78, 5) is 25.0. The molecule has 1 amide bonds. The highest BCUT2D eigenvalue weighted by molar-refractivity contribution is 7.98. The average molecular weight is 294 g/mol. The highest BCUT2D eigenvalue weighted by Gasteiger charge is 2.27. The van der Waals surface area contributed by atoms with Gasteiger partial charge in [-0.15, -0.1) is 0 Å². The normalized spacial score (nSPS) is 19.0. The first-order valence-electron chi connectivity index (χ1n) is 6.87. The molecule has 5 nitrogen and oxygen atoms in total. The number of aromatic nitrogens is 2. The van der Waals surface area contributed by atoms with E-state index in [-0.39, 0.29) is 11.8 Å². The van der Waals surface area contributed by atoms with Crippen molar-refractivity contribution in [2.24, 2.45) is 5.92 Å². The third-order valence-corrected chi connectivity index (χ3v) is 4.09. The van der Waals surface area contributed by atoms with Gasteiger partial charge >= 0.3 is 0 Å². The number of rotatable bonds is 3. The van der Waals surface area contributed by atoms with Crippen LogP contribution in [0.3, 0.4) is 0 Å². The number of piperidine rings is 1. The molecule has 0 aromatic carbocycles. The molecule has 0 radical (unpaired) electrons. The van der Waals surface area contributed by atoms with Gasteiger partial charge in [0.25, 0.3) is 0 Å². The van der Waals surface area contributed by atoms with E-state index in [1.807, 2.05) is 33.3 Å². The molecular formula is C14H22N4OS. The maximum atomic E-state index is 12.1. The molecule has 1 aliphatic heterocycles. The zero-order valence-electron chi connectivity index (χ0n) is 12.6. The van der Waals surface area contributed by atoms with Crippen LogP contribution in [0.4, 0.5) is 5.82 Å². The van der Waals surface area contributed by atoms with Crippen molar-refractivity contribution in [2.75, 3.05) is 38.3 Å². The van der Waals surface area contributed by atoms with Crippen molar-refractivity contribution in [1.29, 1.82) is 0 Å². The minimum atomic E-state index is 0.0757. The van der Waals surface area contributed by atoms with Crippen molar-refractivity contribution in [3.8, 4) is 0 Å². The Morgan fingerprint density at radius 2 is 2.20 bits per heavy atom. The smallest absolute Gasteiger partial charge is 0.226 e. The number of thioether (sulfide) groups is 1. The van der Waals surface area contributed by atoms with E-state index in [9.17, 15) is 4.79 Å². The molecular weight excluding hydrogens is 272 g/mol. The molecule has 1 atom stereocenters. The molecule has 2 rings (SSSR count). The van der Waals surface area contributed by atoms with Gasteiger partial charge < -0.3 is 9.80 Å². The largest absolute Gasteiger partial charge is 0.356 e. The number of carbonyl (C=O) groups is 1. The fourth-order valence-corrected chi connectivity index (χ4v) is 2.95. The SMILES string of the molecule is CSc1nc(C)cc(N2CCCC(C(=O)N(C)C)C2)n1. The Bertz CT molecular complexity index is 492. The summed E-state index contributed by atoms with van der Waals surface area (Å²) in [6, 6.07) is 2.00. The van der Waals surface area contributed by atoms with Crippen LogP contribution in [0, 0.1) is 12.8 Å². The Hall–Kier alpha value is -1.30. The molecule has 6 heteroatoms. The van der Waals surface area contributed by atoms with E-state index in [1.54, 1.807) is 16.7 Å². The van der Waals surface area contributed by atoms with Gasteiger partial charge in [0.05, 0.1) is 5.92 Å². The van der Waals surface area contributed by atoms with E-state index in [4.69, 9.17) is 0 Å². The lowest BCUT2D eigenvalue weighted by Gasteiger charge is -2.34. The minimum absolute atomic E-state index is 0.0757. The summed E-state index contributed by atoms with van der Waals surface area (Å²) in [5, 5.41) is 0.793. The second-order valence-corrected chi connectivity index (χ2v) is 6.15. The molecule has 2 heterocycles. The van der Waals surface area contributed by atoms with Gasteiger partial charge in [-0.1, -0.05) is 11.8 Å². The number of aryl methyl sites for hydroxylation is 1. The third-order valence-electron chi connectivity index (χ3n) is 3.54. The predicted octanol–water partition coefficient (Wildman–Crippen LogP) is 1.81. The van der Waals surface area contributed by atoms with Gasteiger partial charge in [0.2, 0.25) is 5.91 Å². The molecule has 1 aliphatic rings. The molecule has 1 aromatic rings. The number of nitrogens with zero attached hydrogens (tertiary/aromatic N) is 4. The molecule has 0 N–H and O–H groups in total. The fourth-order valence-electron chi connectivity index (χ4n) is 2.53. The molecule has 20 heavy (non-hydrogen) atoms. The number of hydrogen-bond acceptors (Lipinski definition) is 5. The van der Waals surface area contributed by atoms with Crippen LogP contribution in [-0.4, -0.2) is 54.2 Å². The van der Waals surface area contributed by atoms with Crippen molar-refractivity contribution in [3.63, 3.8) is 0 Å². The van der Waals surface area contributed by atoms with Gasteiger partial charge in [0.15, 0.2) is 5.16 Å². The van der Waals surface area contributed by atoms with Crippen LogP contribution in [-0.2, 0) is 4.79 Å². The monoisotopic (exact) mass is 294 g/mol. The quantitative estimate of drug-likeness (QED) is 0.628. The van der Waals surface area contributed by atoms with Crippen molar-refractivity contribution in [1.82, 2.24) is 14.9 Å². The summed E-state index contributed by atoms with van der Waals surface area (Å²) >= 11 is 1.55. The van der Waals surface area contributed by atoms with E-state index < -0.39 is 0 Å². The molecule has 0 aliphatic carbocycles. The van der Waals surface area contributed by atoms with Crippen molar-refractivity contribution < 1.29 is 4.79 Å². The third kappa shape index (κ3) is 3.42. The van der Waals surface area contributed by atoms with Crippen molar-refractivity contribution in [3.05, 3.63) is 11.8 Å². The molecule has 1 fully saturated rings. The molecule has 110 valence electrons. The number of amides is 1. The number of anilines is 1. The van der Waals surface area contributed by atoms with Crippen LogP contribution < -0.4 is 4.90 Å². The maximum absolute atomic E-state index is 12.1. The first-order valence-corrected chi connectivity index (χ1v) is 8.09. The van der Waals surface area contributed by atoms with Crippen molar-refractivity contribution >= 4 is 23.5 Å². The van der Waals surface area contributed by atoms with Gasteiger partial charge in [-0.25, -0.2) is 9.97 Å². The summed E-state index contributed by atoms with van der Waals surface area (Å²) in [7, 11) is 3.64. The van der Waals surface area contributed by atoms with E-state index in [2.05, 4.69) is 14.9 Å². The van der Waals surface area contributed by atoms with Crippen LogP contribution in [0.15, 0.2) is 11.2 Å². The zero-order valence-corrected chi connectivity index (χ0v) is 13.4. The highest BCUT2D eigenvalue weighted by Crippen LogP contribution is 2.24. The zero-order chi connectivity index (χ0) is 14.7. The molecule has 0 bridgehead atoms. The predicted molar refractivity (Wildman–Crippen MR) is 82.2 cm³/mol. The van der Waals surface area contributed by atoms with Gasteiger partial charge in [-0.2, -0.15) is 0 Å². The van der Waals surface area contributed by atoms with Gasteiger partial charge in [0.1, 0.15) is 5.82 Å². The topological polar surface area (TPSA) is 49.3 Å². The van der Waals surface area contributed by atoms with Crippen LogP contribution in [0.2, 0.25) is 0 Å². The Kier molecular flexibility index (Phi) is 4.86. The average Bonchev–Trinajstić information content (AvgIpc) is 2.45. The van der Waals surface area contributed by atoms with Crippen LogP contribution in [0.5, 0.6) is 0 Å². The van der Waals surface area contributed by atoms with Crippen LogP contribution >= 0.6 is 11.8 Å². The Morgan fingerprint density at radius 1 is 1.45 bits per heavy atom. The minimum Gasteiger partial charge on any atom is -0.356 e. The first kappa shape index (κ1) is 15.1. The molecule has 0 saturated carbocycles. The molecule has 1 saturated heterocycles. The number of carbonyl (C=O) groups excluding carboxylic acids is 1. The van der Waals surface area contributed by atoms with Gasteiger partial charge in [-0.05, 0) is 26.0 Å². The summed E-state index contributed by atoms with van der Waals surface area (Å²) in [5.41, 5.74) is 0.973. The van der Waals surface area contributed by atoms with Gasteiger partial charge in [0, 0.05) is 38.9 Å². The lowest BCUT2D eigenvalue weighted by atomic mass is 9.97. The van der Waals surface area contributed by atoms with E-state index in [0.29, 0.717) is 0 Å². The van der Waals surface area contributed by atoms with Crippen molar-refractivity contribution in [2.45, 2.75) is 24.9 Å². The lowest BCUT2D eigenvalue weighted by Crippen LogP contribution is -2.43. The molecule has 0 spiro atoms. The summed E-state index contributed by atoms with van der Waals surface area (Å²) in [6.07, 6.45) is 3.97. The second kappa shape index (κ2) is 6.43. The van der Waals surface area contributed by atoms with Crippen LogP contribution in [0.1, 0.15) is 18.5 Å². The molecule has 1 unspecified atom stereocenters. The summed E-state index contributed by atoms with van der Waals surface area (Å²) in [6.45, 7) is 3.69. The standard InChI is InChI=1S/C14H22N4OS/c1-10-8-12(16-14(15-10)20-4)18-7-5-6-11(9-18)13(19)17(2)3/h8,11H,5-7,9H2,1-4H3. The maximum Gasteiger partial charge on any atom is 0.226 e. The van der Waals surface area contributed by atoms with Crippen LogP contribution in [0.25, 0.3) is 0 Å². The van der Waals surface area contributed by atoms with E-state index >= 15 is 0 Å². The Morgan fingerprint density at radius 3 is 2.85 bits per heavy atom. The Labute approximate surface area is 124 Å². The Balaban J connectivity index is 2.16. The summed E-state index contributed by atoms with van der Waals surface area (Å²) < 4.78 is 0. The van der Waals surface area contributed by atoms with E-state index in [1.165, 1.54) is 0 Å². The second-order valence-electron chi connectivity index (χ2n) is 5.37.